The van der Waals surface area contributed by atoms with E-state index in [4.69, 9.17) is 9.84 Å². The Morgan fingerprint density at radius 1 is 1.57 bits per heavy atom. The van der Waals surface area contributed by atoms with E-state index in [1.807, 2.05) is 6.92 Å². The zero-order chi connectivity index (χ0) is 10.2. The van der Waals surface area contributed by atoms with E-state index >= 15 is 0 Å². The van der Waals surface area contributed by atoms with Crippen LogP contribution in [0.25, 0.3) is 0 Å². The lowest BCUT2D eigenvalue weighted by Gasteiger charge is -2.02. The minimum absolute atomic E-state index is 0.0886. The molecule has 4 nitrogen and oxygen atoms in total. The molecule has 0 aliphatic carbocycles. The highest BCUT2D eigenvalue weighted by atomic mass is 32.1. The van der Waals surface area contributed by atoms with E-state index in [9.17, 15) is 0 Å². The molecule has 0 saturated carbocycles. The summed E-state index contributed by atoms with van der Waals surface area (Å²) in [5.41, 5.74) is 1.08. The number of rotatable bonds is 7. The summed E-state index contributed by atoms with van der Waals surface area (Å²) in [5.74, 6) is 0. The second kappa shape index (κ2) is 6.89. The van der Waals surface area contributed by atoms with E-state index in [1.165, 1.54) is 0 Å². The Bertz CT molecular complexity index is 253. The van der Waals surface area contributed by atoms with Crippen LogP contribution in [0.1, 0.15) is 10.7 Å². The number of hydrogen-bond acceptors (Lipinski definition) is 5. The molecule has 1 aromatic heterocycles. The van der Waals surface area contributed by atoms with Crippen LogP contribution in [-0.2, 0) is 11.3 Å². The summed E-state index contributed by atoms with van der Waals surface area (Å²) in [6, 6.07) is 0. The van der Waals surface area contributed by atoms with Gasteiger partial charge in [-0.25, -0.2) is 4.98 Å². The highest BCUT2D eigenvalue weighted by Crippen LogP contribution is 2.06. The van der Waals surface area contributed by atoms with Gasteiger partial charge in [0.25, 0.3) is 0 Å². The largest absolute Gasteiger partial charge is 0.394 e. The topological polar surface area (TPSA) is 54.4 Å². The van der Waals surface area contributed by atoms with E-state index < -0.39 is 0 Å². The van der Waals surface area contributed by atoms with Crippen LogP contribution >= 0.6 is 11.3 Å². The third-order valence-electron chi connectivity index (χ3n) is 1.63. The van der Waals surface area contributed by atoms with Crippen molar-refractivity contribution >= 4 is 11.3 Å². The van der Waals surface area contributed by atoms with E-state index in [-0.39, 0.29) is 6.61 Å². The molecular weight excluding hydrogens is 200 g/mol. The summed E-state index contributed by atoms with van der Waals surface area (Å²) in [5, 5.41) is 14.8. The zero-order valence-corrected chi connectivity index (χ0v) is 9.14. The normalized spacial score (nSPS) is 10.7. The Hall–Kier alpha value is -0.490. The van der Waals surface area contributed by atoms with Crippen molar-refractivity contribution in [3.05, 3.63) is 16.1 Å². The molecule has 0 spiro atoms. The maximum atomic E-state index is 8.45. The number of nitrogens with one attached hydrogen (secondary N) is 1. The summed E-state index contributed by atoms with van der Waals surface area (Å²) in [7, 11) is 0. The van der Waals surface area contributed by atoms with Crippen molar-refractivity contribution < 1.29 is 9.84 Å². The van der Waals surface area contributed by atoms with Crippen molar-refractivity contribution in [2.75, 3.05) is 26.4 Å². The highest BCUT2D eigenvalue weighted by molar-refractivity contribution is 7.09. The summed E-state index contributed by atoms with van der Waals surface area (Å²) in [6.45, 7) is 4.70. The number of thiazole rings is 1. The molecule has 0 bridgehead atoms. The van der Waals surface area contributed by atoms with Crippen molar-refractivity contribution in [1.29, 1.82) is 0 Å². The van der Waals surface area contributed by atoms with E-state index in [0.717, 1.165) is 23.8 Å². The fourth-order valence-electron chi connectivity index (χ4n) is 1.02. The number of aryl methyl sites for hydroxylation is 1. The van der Waals surface area contributed by atoms with Crippen LogP contribution in [-0.4, -0.2) is 36.5 Å². The smallest absolute Gasteiger partial charge is 0.0897 e. The number of aliphatic hydroxyl groups excluding tert-OH is 1. The molecular formula is C9H16N2O2S. The molecule has 0 unspecified atom stereocenters. The minimum Gasteiger partial charge on any atom is -0.394 e. The lowest BCUT2D eigenvalue weighted by atomic mass is 10.5. The molecule has 1 heterocycles. The minimum atomic E-state index is 0.0886. The zero-order valence-electron chi connectivity index (χ0n) is 8.32. The van der Waals surface area contributed by atoms with Crippen molar-refractivity contribution in [3.8, 4) is 0 Å². The molecule has 0 aliphatic heterocycles. The molecule has 0 aliphatic rings. The molecule has 0 atom stereocenters. The van der Waals surface area contributed by atoms with Crippen LogP contribution in [0, 0.1) is 6.92 Å². The van der Waals surface area contributed by atoms with Gasteiger partial charge in [-0.05, 0) is 6.92 Å². The molecule has 5 heteroatoms. The maximum Gasteiger partial charge on any atom is 0.0897 e. The fourth-order valence-corrected chi connectivity index (χ4v) is 1.63. The quantitative estimate of drug-likeness (QED) is 0.654. The summed E-state index contributed by atoms with van der Waals surface area (Å²) in [4.78, 5) is 4.32. The van der Waals surface area contributed by atoms with Gasteiger partial charge in [-0.15, -0.1) is 11.3 Å². The highest BCUT2D eigenvalue weighted by Gasteiger charge is 1.96. The summed E-state index contributed by atoms with van der Waals surface area (Å²) < 4.78 is 5.10. The first-order valence-electron chi connectivity index (χ1n) is 4.63. The van der Waals surface area contributed by atoms with E-state index in [1.54, 1.807) is 11.3 Å². The van der Waals surface area contributed by atoms with Crippen molar-refractivity contribution in [1.82, 2.24) is 10.3 Å². The van der Waals surface area contributed by atoms with Gasteiger partial charge in [-0.1, -0.05) is 0 Å². The van der Waals surface area contributed by atoms with Crippen LogP contribution < -0.4 is 5.32 Å². The first kappa shape index (κ1) is 11.6. The number of ether oxygens (including phenoxy) is 1. The summed E-state index contributed by atoms with van der Waals surface area (Å²) >= 11 is 1.66. The number of nitrogens with zero attached hydrogens (tertiary/aromatic N) is 1. The Morgan fingerprint density at radius 3 is 3.07 bits per heavy atom. The number of aliphatic hydroxyl groups is 1. The molecule has 0 aromatic carbocycles. The molecule has 0 amide bonds. The molecule has 1 rings (SSSR count). The average Bonchev–Trinajstić information content (AvgIpc) is 2.58. The molecule has 0 radical (unpaired) electrons. The lowest BCUT2D eigenvalue weighted by molar-refractivity contribution is 0.0937. The van der Waals surface area contributed by atoms with Gasteiger partial charge in [0, 0.05) is 18.5 Å². The molecule has 0 saturated heterocycles. The van der Waals surface area contributed by atoms with Gasteiger partial charge in [0.05, 0.1) is 30.5 Å². The van der Waals surface area contributed by atoms with Crippen LogP contribution in [0.5, 0.6) is 0 Å². The molecule has 1 aromatic rings. The number of aromatic nitrogens is 1. The van der Waals surface area contributed by atoms with E-state index in [2.05, 4.69) is 15.7 Å². The third-order valence-corrected chi connectivity index (χ3v) is 2.45. The van der Waals surface area contributed by atoms with Crippen LogP contribution in [0.3, 0.4) is 0 Å². The van der Waals surface area contributed by atoms with Gasteiger partial charge >= 0.3 is 0 Å². The van der Waals surface area contributed by atoms with Crippen LogP contribution in [0.4, 0.5) is 0 Å². The second-order valence-corrected chi connectivity index (χ2v) is 3.93. The van der Waals surface area contributed by atoms with Gasteiger partial charge in [-0.3, -0.25) is 0 Å². The monoisotopic (exact) mass is 216 g/mol. The Labute approximate surface area is 87.9 Å². The maximum absolute atomic E-state index is 8.45. The Balaban J connectivity index is 1.99. The summed E-state index contributed by atoms with van der Waals surface area (Å²) in [6.07, 6.45) is 0. The SMILES string of the molecule is Cc1nc(CNCCOCCO)cs1. The molecule has 14 heavy (non-hydrogen) atoms. The van der Waals surface area contributed by atoms with E-state index in [0.29, 0.717) is 13.2 Å². The van der Waals surface area contributed by atoms with Gasteiger partial charge in [0.15, 0.2) is 0 Å². The van der Waals surface area contributed by atoms with Gasteiger partial charge in [-0.2, -0.15) is 0 Å². The van der Waals surface area contributed by atoms with Crippen molar-refractivity contribution in [2.24, 2.45) is 0 Å². The van der Waals surface area contributed by atoms with Gasteiger partial charge in [0.1, 0.15) is 0 Å². The Morgan fingerprint density at radius 2 is 2.43 bits per heavy atom. The van der Waals surface area contributed by atoms with Crippen molar-refractivity contribution in [3.63, 3.8) is 0 Å². The van der Waals surface area contributed by atoms with Crippen LogP contribution in [0.2, 0.25) is 0 Å². The first-order valence-corrected chi connectivity index (χ1v) is 5.51. The standard InChI is InChI=1S/C9H16N2O2S/c1-8-11-9(7-14-8)6-10-2-4-13-5-3-12/h7,10,12H,2-6H2,1H3. The van der Waals surface area contributed by atoms with Gasteiger partial charge in [0.2, 0.25) is 0 Å². The van der Waals surface area contributed by atoms with Crippen molar-refractivity contribution in [2.45, 2.75) is 13.5 Å². The predicted octanol–water partition coefficient (Wildman–Crippen LogP) is 0.550. The third kappa shape index (κ3) is 4.66. The molecule has 2 N–H and O–H groups in total. The second-order valence-electron chi connectivity index (χ2n) is 2.87. The predicted molar refractivity (Wildman–Crippen MR) is 56.5 cm³/mol. The first-order chi connectivity index (χ1) is 6.83. The average molecular weight is 216 g/mol. The Kier molecular flexibility index (Phi) is 5.70. The molecule has 80 valence electrons. The fraction of sp³-hybridized carbons (Fsp3) is 0.667. The van der Waals surface area contributed by atoms with Crippen LogP contribution in [0.15, 0.2) is 5.38 Å². The van der Waals surface area contributed by atoms with Gasteiger partial charge < -0.3 is 15.2 Å². The molecule has 0 fully saturated rings. The number of hydrogen-bond donors (Lipinski definition) is 2. The lowest BCUT2D eigenvalue weighted by Crippen LogP contribution is -2.20.